The molecule has 0 saturated heterocycles. The maximum Gasteiger partial charge on any atom is 0.243 e. The molecule has 0 aliphatic heterocycles. The van der Waals surface area contributed by atoms with Crippen molar-refractivity contribution in [1.82, 2.24) is 0 Å². The lowest BCUT2D eigenvalue weighted by Gasteiger charge is -2.11. The van der Waals surface area contributed by atoms with Crippen LogP contribution in [0.25, 0.3) is 0 Å². The minimum absolute atomic E-state index is 0.111. The summed E-state index contributed by atoms with van der Waals surface area (Å²) in [7, 11) is 0. The Morgan fingerprint density at radius 1 is 1.17 bits per heavy atom. The van der Waals surface area contributed by atoms with Crippen molar-refractivity contribution < 1.29 is 9.53 Å². The average molecular weight is 353 g/mol. The van der Waals surface area contributed by atoms with Crippen molar-refractivity contribution in [2.24, 2.45) is 0 Å². The van der Waals surface area contributed by atoms with E-state index in [9.17, 15) is 4.79 Å². The van der Waals surface area contributed by atoms with Gasteiger partial charge in [0.2, 0.25) is 5.91 Å². The van der Waals surface area contributed by atoms with E-state index in [2.05, 4.69) is 10.6 Å². The lowest BCUT2D eigenvalue weighted by atomic mass is 10.3. The number of hydrogen-bond donors (Lipinski definition) is 2. The number of halogens is 2. The number of anilines is 2. The van der Waals surface area contributed by atoms with Gasteiger partial charge in [0.25, 0.3) is 0 Å². The van der Waals surface area contributed by atoms with Gasteiger partial charge >= 0.3 is 0 Å². The van der Waals surface area contributed by atoms with Gasteiger partial charge in [-0.05, 0) is 30.7 Å². The Labute approximate surface area is 145 Å². The molecular weight excluding hydrogens is 335 g/mol. The standard InChI is InChI=1S/C17H18Cl2N2O2/c1-2-9-23-13-6-3-5-12(10-13)20-11-16(22)21-15-8-4-7-14(18)17(15)19/h3-8,10,20H,2,9,11H2,1H3,(H,21,22). The first kappa shape index (κ1) is 17.4. The Hall–Kier alpha value is -1.91. The maximum atomic E-state index is 12.0. The van der Waals surface area contributed by atoms with Gasteiger partial charge in [-0.1, -0.05) is 42.3 Å². The minimum atomic E-state index is -0.214. The second-order valence-electron chi connectivity index (χ2n) is 4.88. The summed E-state index contributed by atoms with van der Waals surface area (Å²) in [5.74, 6) is 0.559. The molecule has 0 aliphatic rings. The van der Waals surface area contributed by atoms with Gasteiger partial charge in [-0.2, -0.15) is 0 Å². The summed E-state index contributed by atoms with van der Waals surface area (Å²) in [5.41, 5.74) is 1.30. The molecule has 6 heteroatoms. The van der Waals surface area contributed by atoms with E-state index in [4.69, 9.17) is 27.9 Å². The SMILES string of the molecule is CCCOc1cccc(NCC(=O)Nc2cccc(Cl)c2Cl)c1. The first-order chi connectivity index (χ1) is 11.1. The van der Waals surface area contributed by atoms with Gasteiger partial charge in [0.15, 0.2) is 0 Å². The predicted molar refractivity (Wildman–Crippen MR) is 95.8 cm³/mol. The molecule has 0 spiro atoms. The lowest BCUT2D eigenvalue weighted by molar-refractivity contribution is -0.114. The van der Waals surface area contributed by atoms with Crippen LogP contribution >= 0.6 is 23.2 Å². The monoisotopic (exact) mass is 352 g/mol. The summed E-state index contributed by atoms with van der Waals surface area (Å²) in [6.07, 6.45) is 0.945. The fraction of sp³-hybridized carbons (Fsp3) is 0.235. The smallest absolute Gasteiger partial charge is 0.243 e. The van der Waals surface area contributed by atoms with E-state index in [-0.39, 0.29) is 12.5 Å². The maximum absolute atomic E-state index is 12.0. The van der Waals surface area contributed by atoms with Gasteiger partial charge in [-0.25, -0.2) is 0 Å². The second kappa shape index (κ2) is 8.65. The molecule has 0 atom stereocenters. The number of benzene rings is 2. The molecule has 0 aromatic heterocycles. The zero-order valence-electron chi connectivity index (χ0n) is 12.7. The van der Waals surface area contributed by atoms with E-state index in [0.717, 1.165) is 17.9 Å². The molecule has 2 N–H and O–H groups in total. The van der Waals surface area contributed by atoms with Crippen LogP contribution in [0.3, 0.4) is 0 Å². The normalized spacial score (nSPS) is 10.2. The summed E-state index contributed by atoms with van der Waals surface area (Å²) < 4.78 is 5.55. The quantitative estimate of drug-likeness (QED) is 0.749. The number of amides is 1. The fourth-order valence-corrected chi connectivity index (χ4v) is 2.24. The van der Waals surface area contributed by atoms with Crippen LogP contribution < -0.4 is 15.4 Å². The average Bonchev–Trinajstić information content (AvgIpc) is 2.56. The zero-order chi connectivity index (χ0) is 16.7. The molecule has 0 radical (unpaired) electrons. The number of ether oxygens (including phenoxy) is 1. The summed E-state index contributed by atoms with van der Waals surface area (Å²) in [6.45, 7) is 2.82. The van der Waals surface area contributed by atoms with Gasteiger partial charge in [-0.15, -0.1) is 0 Å². The molecule has 122 valence electrons. The Kier molecular flexibility index (Phi) is 6.56. The molecule has 1 amide bonds. The van der Waals surface area contributed by atoms with E-state index in [0.29, 0.717) is 22.3 Å². The minimum Gasteiger partial charge on any atom is -0.494 e. The highest BCUT2D eigenvalue weighted by Crippen LogP contribution is 2.29. The molecule has 0 aliphatic carbocycles. The molecule has 0 bridgehead atoms. The molecule has 0 unspecified atom stereocenters. The summed E-state index contributed by atoms with van der Waals surface area (Å²) in [5, 5.41) is 6.50. The van der Waals surface area contributed by atoms with Crippen molar-refractivity contribution in [3.05, 3.63) is 52.5 Å². The van der Waals surface area contributed by atoms with Crippen molar-refractivity contribution in [3.8, 4) is 5.75 Å². The van der Waals surface area contributed by atoms with Gasteiger partial charge in [-0.3, -0.25) is 4.79 Å². The topological polar surface area (TPSA) is 50.4 Å². The first-order valence-corrected chi connectivity index (χ1v) is 8.06. The van der Waals surface area contributed by atoms with Crippen molar-refractivity contribution in [1.29, 1.82) is 0 Å². The van der Waals surface area contributed by atoms with Crippen molar-refractivity contribution >= 4 is 40.5 Å². The van der Waals surface area contributed by atoms with E-state index < -0.39 is 0 Å². The molecule has 2 aromatic carbocycles. The Bertz CT molecular complexity index is 677. The highest BCUT2D eigenvalue weighted by Gasteiger charge is 2.08. The number of nitrogens with one attached hydrogen (secondary N) is 2. The van der Waals surface area contributed by atoms with Gasteiger partial charge in [0.05, 0.1) is 28.9 Å². The van der Waals surface area contributed by atoms with Crippen LogP contribution in [0.1, 0.15) is 13.3 Å². The van der Waals surface area contributed by atoms with Gasteiger partial charge in [0, 0.05) is 11.8 Å². The third-order valence-corrected chi connectivity index (χ3v) is 3.80. The highest BCUT2D eigenvalue weighted by molar-refractivity contribution is 6.44. The molecule has 4 nitrogen and oxygen atoms in total. The van der Waals surface area contributed by atoms with Crippen molar-refractivity contribution in [2.75, 3.05) is 23.8 Å². The van der Waals surface area contributed by atoms with Crippen LogP contribution in [-0.2, 0) is 4.79 Å². The number of carbonyl (C=O) groups excluding carboxylic acids is 1. The van der Waals surface area contributed by atoms with Crippen LogP contribution in [0.2, 0.25) is 10.0 Å². The van der Waals surface area contributed by atoms with Gasteiger partial charge < -0.3 is 15.4 Å². The molecule has 0 heterocycles. The third-order valence-electron chi connectivity index (χ3n) is 2.99. The molecule has 23 heavy (non-hydrogen) atoms. The molecule has 2 rings (SSSR count). The van der Waals surface area contributed by atoms with E-state index >= 15 is 0 Å². The van der Waals surface area contributed by atoms with Gasteiger partial charge in [0.1, 0.15) is 5.75 Å². The summed E-state index contributed by atoms with van der Waals surface area (Å²) >= 11 is 12.0. The summed E-state index contributed by atoms with van der Waals surface area (Å²) in [4.78, 5) is 12.0. The number of hydrogen-bond acceptors (Lipinski definition) is 3. The van der Waals surface area contributed by atoms with Crippen LogP contribution in [0.5, 0.6) is 5.75 Å². The zero-order valence-corrected chi connectivity index (χ0v) is 14.2. The molecule has 0 fully saturated rings. The summed E-state index contributed by atoms with van der Waals surface area (Å²) in [6, 6.07) is 12.6. The van der Waals surface area contributed by atoms with Crippen LogP contribution in [-0.4, -0.2) is 19.1 Å². The van der Waals surface area contributed by atoms with Crippen molar-refractivity contribution in [2.45, 2.75) is 13.3 Å². The molecule has 0 saturated carbocycles. The number of rotatable bonds is 7. The Morgan fingerprint density at radius 2 is 1.96 bits per heavy atom. The lowest BCUT2D eigenvalue weighted by Crippen LogP contribution is -2.21. The van der Waals surface area contributed by atoms with Crippen LogP contribution in [0.4, 0.5) is 11.4 Å². The van der Waals surface area contributed by atoms with Crippen LogP contribution in [0.15, 0.2) is 42.5 Å². The van der Waals surface area contributed by atoms with E-state index in [1.165, 1.54) is 0 Å². The number of carbonyl (C=O) groups is 1. The highest BCUT2D eigenvalue weighted by atomic mass is 35.5. The second-order valence-corrected chi connectivity index (χ2v) is 5.66. The predicted octanol–water partition coefficient (Wildman–Crippen LogP) is 4.83. The Balaban J connectivity index is 1.90. The molecule has 2 aromatic rings. The largest absolute Gasteiger partial charge is 0.494 e. The van der Waals surface area contributed by atoms with E-state index in [1.807, 2.05) is 31.2 Å². The fourth-order valence-electron chi connectivity index (χ4n) is 1.89. The van der Waals surface area contributed by atoms with E-state index in [1.54, 1.807) is 18.2 Å². The van der Waals surface area contributed by atoms with Crippen LogP contribution in [0, 0.1) is 0 Å². The first-order valence-electron chi connectivity index (χ1n) is 7.30. The Morgan fingerprint density at radius 3 is 2.74 bits per heavy atom. The van der Waals surface area contributed by atoms with Crippen molar-refractivity contribution in [3.63, 3.8) is 0 Å². The third kappa shape index (κ3) is 5.34. The molecular formula is C17H18Cl2N2O2.